The van der Waals surface area contributed by atoms with E-state index in [1.54, 1.807) is 6.07 Å². The maximum absolute atomic E-state index is 13.7. The minimum Gasteiger partial charge on any atom is -0.494 e. The highest BCUT2D eigenvalue weighted by Crippen LogP contribution is 2.26. The minimum atomic E-state index is -0.664. The van der Waals surface area contributed by atoms with Crippen LogP contribution in [-0.2, 0) is 0 Å². The lowest BCUT2D eigenvalue weighted by atomic mass is 9.99. The van der Waals surface area contributed by atoms with Crippen molar-refractivity contribution in [3.63, 3.8) is 0 Å². The molecule has 0 amide bonds. The molecule has 2 rings (SSSR count). The molecule has 19 heavy (non-hydrogen) atoms. The fraction of sp³-hybridized carbons (Fsp3) is 0.154. The first-order valence-electron chi connectivity index (χ1n) is 5.56. The summed E-state index contributed by atoms with van der Waals surface area (Å²) < 4.78 is 32.2. The van der Waals surface area contributed by atoms with Gasteiger partial charge in [-0.1, -0.05) is 6.07 Å². The maximum Gasteiger partial charge on any atom is 0.165 e. The van der Waals surface area contributed by atoms with Gasteiger partial charge in [0.1, 0.15) is 5.82 Å². The zero-order valence-corrected chi connectivity index (χ0v) is 10.2. The van der Waals surface area contributed by atoms with E-state index >= 15 is 0 Å². The molecule has 1 heterocycles. The quantitative estimate of drug-likeness (QED) is 0.655. The molecule has 1 aromatic carbocycles. The molecule has 100 valence electrons. The van der Waals surface area contributed by atoms with Crippen molar-refractivity contribution >= 4 is 0 Å². The number of hydrazine groups is 1. The van der Waals surface area contributed by atoms with Gasteiger partial charge < -0.3 is 4.74 Å². The smallest absolute Gasteiger partial charge is 0.165 e. The standard InChI is InChI=1S/C13H13F2N3O/c1-19-12-3-2-8(6-10(12)14)13(18-16)9-4-5-17-7-11(9)15/h2-7,13,18H,16H2,1H3. The molecule has 0 fully saturated rings. The minimum absolute atomic E-state index is 0.120. The van der Waals surface area contributed by atoms with E-state index in [0.29, 0.717) is 11.1 Å². The van der Waals surface area contributed by atoms with E-state index in [2.05, 4.69) is 10.4 Å². The molecule has 0 radical (unpaired) electrons. The zero-order chi connectivity index (χ0) is 13.8. The van der Waals surface area contributed by atoms with Gasteiger partial charge in [0.2, 0.25) is 0 Å². The third kappa shape index (κ3) is 2.69. The van der Waals surface area contributed by atoms with Crippen LogP contribution in [-0.4, -0.2) is 12.1 Å². The summed E-state index contributed by atoms with van der Waals surface area (Å²) in [5, 5.41) is 0. The Labute approximate surface area is 109 Å². The van der Waals surface area contributed by atoms with Gasteiger partial charge in [-0.3, -0.25) is 10.8 Å². The Morgan fingerprint density at radius 2 is 2.05 bits per heavy atom. The Morgan fingerprint density at radius 3 is 2.63 bits per heavy atom. The Balaban J connectivity index is 2.43. The van der Waals surface area contributed by atoms with Gasteiger partial charge in [0.25, 0.3) is 0 Å². The molecule has 1 atom stereocenters. The first-order valence-corrected chi connectivity index (χ1v) is 5.56. The number of hydrogen-bond acceptors (Lipinski definition) is 4. The predicted octanol–water partition coefficient (Wildman–Crippen LogP) is 1.92. The summed E-state index contributed by atoms with van der Waals surface area (Å²) in [7, 11) is 1.37. The van der Waals surface area contributed by atoms with Crippen LogP contribution in [0.2, 0.25) is 0 Å². The SMILES string of the molecule is COc1ccc(C(NN)c2ccncc2F)cc1F. The molecule has 3 N–H and O–H groups in total. The van der Waals surface area contributed by atoms with Crippen LogP contribution < -0.4 is 16.0 Å². The first kappa shape index (κ1) is 13.4. The molecule has 0 aliphatic rings. The van der Waals surface area contributed by atoms with E-state index in [0.717, 1.165) is 6.20 Å². The molecule has 0 bridgehead atoms. The van der Waals surface area contributed by atoms with Gasteiger partial charge in [-0.05, 0) is 23.8 Å². The van der Waals surface area contributed by atoms with E-state index in [1.807, 2.05) is 0 Å². The highest BCUT2D eigenvalue weighted by molar-refractivity contribution is 5.36. The molecule has 1 aromatic heterocycles. The van der Waals surface area contributed by atoms with Gasteiger partial charge >= 0.3 is 0 Å². The number of halogens is 2. The molecular formula is C13H13F2N3O. The lowest BCUT2D eigenvalue weighted by molar-refractivity contribution is 0.385. The Hall–Kier alpha value is -2.05. The van der Waals surface area contributed by atoms with Crippen LogP contribution >= 0.6 is 0 Å². The van der Waals surface area contributed by atoms with Gasteiger partial charge in [-0.2, -0.15) is 0 Å². The third-order valence-electron chi connectivity index (χ3n) is 2.79. The number of nitrogens with zero attached hydrogens (tertiary/aromatic N) is 1. The topological polar surface area (TPSA) is 60.2 Å². The Kier molecular flexibility index (Phi) is 4.03. The van der Waals surface area contributed by atoms with E-state index in [-0.39, 0.29) is 5.75 Å². The number of nitrogens with two attached hydrogens (primary N) is 1. The normalized spacial score (nSPS) is 12.2. The fourth-order valence-electron chi connectivity index (χ4n) is 1.85. The second-order valence-electron chi connectivity index (χ2n) is 3.89. The summed E-state index contributed by atoms with van der Waals surface area (Å²) >= 11 is 0. The highest BCUT2D eigenvalue weighted by Gasteiger charge is 2.18. The molecule has 0 aliphatic heterocycles. The van der Waals surface area contributed by atoms with Crippen LogP contribution in [0.5, 0.6) is 5.75 Å². The monoisotopic (exact) mass is 265 g/mol. The van der Waals surface area contributed by atoms with Crippen LogP contribution in [0, 0.1) is 11.6 Å². The molecule has 0 saturated carbocycles. The van der Waals surface area contributed by atoms with Crippen LogP contribution in [0.25, 0.3) is 0 Å². The summed E-state index contributed by atoms with van der Waals surface area (Å²) in [5.41, 5.74) is 3.25. The number of methoxy groups -OCH3 is 1. The van der Waals surface area contributed by atoms with Crippen LogP contribution in [0.3, 0.4) is 0 Å². The molecular weight excluding hydrogens is 252 g/mol. The molecule has 0 spiro atoms. The van der Waals surface area contributed by atoms with Crippen molar-refractivity contribution in [1.82, 2.24) is 10.4 Å². The number of nitrogens with one attached hydrogen (secondary N) is 1. The van der Waals surface area contributed by atoms with E-state index < -0.39 is 17.7 Å². The number of aromatic nitrogens is 1. The van der Waals surface area contributed by atoms with Gasteiger partial charge in [0, 0.05) is 11.8 Å². The molecule has 0 saturated heterocycles. The number of ether oxygens (including phenoxy) is 1. The Bertz CT molecular complexity index is 578. The summed E-state index contributed by atoms with van der Waals surface area (Å²) in [4.78, 5) is 3.66. The fourth-order valence-corrected chi connectivity index (χ4v) is 1.85. The van der Waals surface area contributed by atoms with Gasteiger partial charge in [0.05, 0.1) is 19.3 Å². The lowest BCUT2D eigenvalue weighted by Gasteiger charge is -2.17. The van der Waals surface area contributed by atoms with Crippen molar-refractivity contribution in [2.24, 2.45) is 5.84 Å². The number of pyridine rings is 1. The number of rotatable bonds is 4. The molecule has 2 aromatic rings. The van der Waals surface area contributed by atoms with Gasteiger partial charge in [0.15, 0.2) is 11.6 Å². The summed E-state index contributed by atoms with van der Waals surface area (Å²) in [5.74, 6) is 4.51. The van der Waals surface area contributed by atoms with Crippen LogP contribution in [0.15, 0.2) is 36.7 Å². The average Bonchev–Trinajstić information content (AvgIpc) is 2.42. The predicted molar refractivity (Wildman–Crippen MR) is 66.3 cm³/mol. The van der Waals surface area contributed by atoms with E-state index in [1.165, 1.54) is 31.5 Å². The van der Waals surface area contributed by atoms with E-state index in [4.69, 9.17) is 10.6 Å². The summed E-state index contributed by atoms with van der Waals surface area (Å²) in [6.45, 7) is 0. The molecule has 4 nitrogen and oxygen atoms in total. The Morgan fingerprint density at radius 1 is 1.26 bits per heavy atom. The average molecular weight is 265 g/mol. The second-order valence-corrected chi connectivity index (χ2v) is 3.89. The van der Waals surface area contributed by atoms with Crippen molar-refractivity contribution in [3.8, 4) is 5.75 Å². The van der Waals surface area contributed by atoms with Gasteiger partial charge in [-0.15, -0.1) is 0 Å². The number of hydrogen-bond donors (Lipinski definition) is 2. The second kappa shape index (κ2) is 5.73. The van der Waals surface area contributed by atoms with Gasteiger partial charge in [-0.25, -0.2) is 14.2 Å². The van der Waals surface area contributed by atoms with Crippen molar-refractivity contribution in [2.75, 3.05) is 7.11 Å². The van der Waals surface area contributed by atoms with E-state index in [9.17, 15) is 8.78 Å². The van der Waals surface area contributed by atoms with Crippen LogP contribution in [0.1, 0.15) is 17.2 Å². The zero-order valence-electron chi connectivity index (χ0n) is 10.2. The van der Waals surface area contributed by atoms with Crippen molar-refractivity contribution in [3.05, 3.63) is 59.4 Å². The largest absolute Gasteiger partial charge is 0.494 e. The molecule has 0 aliphatic carbocycles. The molecule has 6 heteroatoms. The molecule has 1 unspecified atom stereocenters. The highest BCUT2D eigenvalue weighted by atomic mass is 19.1. The first-order chi connectivity index (χ1) is 9.17. The third-order valence-corrected chi connectivity index (χ3v) is 2.79. The summed E-state index contributed by atoms with van der Waals surface area (Å²) in [6.07, 6.45) is 2.53. The van der Waals surface area contributed by atoms with Crippen molar-refractivity contribution in [2.45, 2.75) is 6.04 Å². The maximum atomic E-state index is 13.7. The summed E-state index contributed by atoms with van der Waals surface area (Å²) in [6, 6.07) is 5.16. The lowest BCUT2D eigenvalue weighted by Crippen LogP contribution is -2.29. The van der Waals surface area contributed by atoms with Crippen molar-refractivity contribution in [1.29, 1.82) is 0 Å². The van der Waals surface area contributed by atoms with Crippen LogP contribution in [0.4, 0.5) is 8.78 Å². The van der Waals surface area contributed by atoms with Crippen molar-refractivity contribution < 1.29 is 13.5 Å². The number of benzene rings is 1.